The lowest BCUT2D eigenvalue weighted by Gasteiger charge is -2.14. The molecule has 0 radical (unpaired) electrons. The smallest absolute Gasteiger partial charge is 0.155 e. The highest BCUT2D eigenvalue weighted by Gasteiger charge is 2.16. The number of nitrogens with one attached hydrogen (secondary N) is 1. The minimum absolute atomic E-state index is 0.0117. The van der Waals surface area contributed by atoms with Crippen LogP contribution >= 0.6 is 11.6 Å². The minimum Gasteiger partial charge on any atom is -0.492 e. The molecule has 0 bridgehead atoms. The zero-order valence-electron chi connectivity index (χ0n) is 12.1. The van der Waals surface area contributed by atoms with Crippen molar-refractivity contribution in [3.63, 3.8) is 0 Å². The molecule has 4 nitrogen and oxygen atoms in total. The summed E-state index contributed by atoms with van der Waals surface area (Å²) >= 11 is 6.15. The van der Waals surface area contributed by atoms with E-state index in [2.05, 4.69) is 5.32 Å². The van der Waals surface area contributed by atoms with Gasteiger partial charge in [-0.15, -0.1) is 0 Å². The second-order valence-corrected chi connectivity index (χ2v) is 7.85. The van der Waals surface area contributed by atoms with Gasteiger partial charge in [-0.25, -0.2) is 8.42 Å². The Morgan fingerprint density at radius 1 is 1.35 bits per heavy atom. The molecule has 0 aliphatic heterocycles. The molecule has 0 unspecified atom stereocenters. The molecule has 0 aliphatic carbocycles. The molecule has 0 saturated heterocycles. The molecule has 6 heteroatoms. The van der Waals surface area contributed by atoms with Crippen LogP contribution in [0.2, 0.25) is 5.02 Å². The average molecular weight is 320 g/mol. The molecule has 20 heavy (non-hydrogen) atoms. The summed E-state index contributed by atoms with van der Waals surface area (Å²) in [7, 11) is -3.08. The first-order valence-electron chi connectivity index (χ1n) is 6.71. The predicted octanol–water partition coefficient (Wildman–Crippen LogP) is 2.65. The van der Waals surface area contributed by atoms with Gasteiger partial charge in [0, 0.05) is 17.1 Å². The largest absolute Gasteiger partial charge is 0.492 e. The molecule has 1 rings (SSSR count). The van der Waals surface area contributed by atoms with Crippen LogP contribution in [-0.4, -0.2) is 32.6 Å². The standard InChI is InChI=1S/C14H22ClNO3S/c1-4-16-10-12-13(15)6-5-7-14(12)19-8-9-20(17,18)11(2)3/h5-7,11,16H,4,8-10H2,1-3H3. The molecule has 0 spiro atoms. The first-order chi connectivity index (χ1) is 9.38. The van der Waals surface area contributed by atoms with Gasteiger partial charge in [-0.05, 0) is 32.5 Å². The number of sulfone groups is 1. The fourth-order valence-corrected chi connectivity index (χ4v) is 2.62. The van der Waals surface area contributed by atoms with Crippen molar-refractivity contribution >= 4 is 21.4 Å². The summed E-state index contributed by atoms with van der Waals surface area (Å²) in [5.74, 6) is 0.648. The van der Waals surface area contributed by atoms with Crippen LogP contribution in [0.4, 0.5) is 0 Å². The summed E-state index contributed by atoms with van der Waals surface area (Å²) in [4.78, 5) is 0. The van der Waals surface area contributed by atoms with E-state index in [0.29, 0.717) is 17.3 Å². The van der Waals surface area contributed by atoms with Crippen molar-refractivity contribution in [2.45, 2.75) is 32.6 Å². The predicted molar refractivity (Wildman–Crippen MR) is 83.3 cm³/mol. The van der Waals surface area contributed by atoms with E-state index in [1.165, 1.54) is 0 Å². The van der Waals surface area contributed by atoms with Crippen LogP contribution in [0.3, 0.4) is 0 Å². The van der Waals surface area contributed by atoms with Gasteiger partial charge in [0.2, 0.25) is 0 Å². The number of rotatable bonds is 8. The van der Waals surface area contributed by atoms with Crippen LogP contribution in [0, 0.1) is 0 Å². The topological polar surface area (TPSA) is 55.4 Å². The number of ether oxygens (including phenoxy) is 1. The SMILES string of the molecule is CCNCc1c(Cl)cccc1OCCS(=O)(=O)C(C)C. The van der Waals surface area contributed by atoms with Crippen LogP contribution in [0.1, 0.15) is 26.3 Å². The third-order valence-electron chi connectivity index (χ3n) is 2.97. The molecule has 0 heterocycles. The van der Waals surface area contributed by atoms with Gasteiger partial charge in [0.15, 0.2) is 9.84 Å². The zero-order chi connectivity index (χ0) is 15.2. The molecule has 1 N–H and O–H groups in total. The Hall–Kier alpha value is -0.780. The first-order valence-corrected chi connectivity index (χ1v) is 8.80. The number of hydrogen-bond acceptors (Lipinski definition) is 4. The molecule has 1 aromatic rings. The maximum absolute atomic E-state index is 11.7. The van der Waals surface area contributed by atoms with E-state index >= 15 is 0 Å². The van der Waals surface area contributed by atoms with Gasteiger partial charge < -0.3 is 10.1 Å². The second kappa shape index (κ2) is 7.86. The van der Waals surface area contributed by atoms with Gasteiger partial charge in [-0.1, -0.05) is 24.6 Å². The van der Waals surface area contributed by atoms with Gasteiger partial charge in [0.1, 0.15) is 12.4 Å². The lowest BCUT2D eigenvalue weighted by molar-refractivity contribution is 0.336. The summed E-state index contributed by atoms with van der Waals surface area (Å²) in [6.45, 7) is 6.91. The zero-order valence-corrected chi connectivity index (χ0v) is 13.7. The van der Waals surface area contributed by atoms with Crippen molar-refractivity contribution in [2.75, 3.05) is 18.9 Å². The van der Waals surface area contributed by atoms with E-state index in [4.69, 9.17) is 16.3 Å². The molecule has 114 valence electrons. The average Bonchev–Trinajstić information content (AvgIpc) is 2.37. The van der Waals surface area contributed by atoms with E-state index in [1.807, 2.05) is 6.92 Å². The van der Waals surface area contributed by atoms with Gasteiger partial charge in [-0.2, -0.15) is 0 Å². The maximum Gasteiger partial charge on any atom is 0.155 e. The molecular formula is C14H22ClNO3S. The molecule has 0 saturated carbocycles. The summed E-state index contributed by atoms with van der Waals surface area (Å²) in [5, 5.41) is 3.43. The fraction of sp³-hybridized carbons (Fsp3) is 0.571. The van der Waals surface area contributed by atoms with E-state index in [-0.39, 0.29) is 17.6 Å². The van der Waals surface area contributed by atoms with Crippen molar-refractivity contribution in [3.8, 4) is 5.75 Å². The van der Waals surface area contributed by atoms with Crippen LogP contribution in [0.25, 0.3) is 0 Å². The van der Waals surface area contributed by atoms with Crippen molar-refractivity contribution in [2.24, 2.45) is 0 Å². The van der Waals surface area contributed by atoms with Gasteiger partial charge >= 0.3 is 0 Å². The van der Waals surface area contributed by atoms with Crippen LogP contribution < -0.4 is 10.1 Å². The fourth-order valence-electron chi connectivity index (χ4n) is 1.60. The number of benzene rings is 1. The molecule has 0 fully saturated rings. The Morgan fingerprint density at radius 2 is 2.05 bits per heavy atom. The van der Waals surface area contributed by atoms with E-state index in [9.17, 15) is 8.42 Å². The molecular weight excluding hydrogens is 298 g/mol. The third-order valence-corrected chi connectivity index (χ3v) is 5.50. The number of hydrogen-bond donors (Lipinski definition) is 1. The highest BCUT2D eigenvalue weighted by molar-refractivity contribution is 7.91. The van der Waals surface area contributed by atoms with Gasteiger partial charge in [0.05, 0.1) is 11.0 Å². The Balaban J connectivity index is 2.71. The minimum atomic E-state index is -3.08. The van der Waals surface area contributed by atoms with Crippen molar-refractivity contribution in [3.05, 3.63) is 28.8 Å². The summed E-state index contributed by atoms with van der Waals surface area (Å²) in [6, 6.07) is 5.40. The highest BCUT2D eigenvalue weighted by atomic mass is 35.5. The summed E-state index contributed by atoms with van der Waals surface area (Å²) in [5.41, 5.74) is 0.859. The van der Waals surface area contributed by atoms with E-state index in [1.54, 1.807) is 32.0 Å². The lowest BCUT2D eigenvalue weighted by Crippen LogP contribution is -2.22. The molecule has 0 amide bonds. The van der Waals surface area contributed by atoms with Gasteiger partial charge in [0.25, 0.3) is 0 Å². The van der Waals surface area contributed by atoms with Crippen LogP contribution in [0.5, 0.6) is 5.75 Å². The monoisotopic (exact) mass is 319 g/mol. The number of halogens is 1. The summed E-state index contributed by atoms with van der Waals surface area (Å²) in [6.07, 6.45) is 0. The van der Waals surface area contributed by atoms with Crippen molar-refractivity contribution < 1.29 is 13.2 Å². The Morgan fingerprint density at radius 3 is 2.65 bits per heavy atom. The third kappa shape index (κ3) is 4.96. The Labute approximate surface area is 126 Å². The van der Waals surface area contributed by atoms with E-state index < -0.39 is 9.84 Å². The van der Waals surface area contributed by atoms with Crippen molar-refractivity contribution in [1.29, 1.82) is 0 Å². The quantitative estimate of drug-likeness (QED) is 0.800. The van der Waals surface area contributed by atoms with Crippen molar-refractivity contribution in [1.82, 2.24) is 5.32 Å². The molecule has 1 aromatic carbocycles. The van der Waals surface area contributed by atoms with Gasteiger partial charge in [-0.3, -0.25) is 0 Å². The molecule has 0 aliphatic rings. The first kappa shape index (κ1) is 17.3. The second-order valence-electron chi connectivity index (χ2n) is 4.76. The maximum atomic E-state index is 11.7. The molecule has 0 aromatic heterocycles. The van der Waals surface area contributed by atoms with Crippen LogP contribution in [0.15, 0.2) is 18.2 Å². The lowest BCUT2D eigenvalue weighted by atomic mass is 10.2. The highest BCUT2D eigenvalue weighted by Crippen LogP contribution is 2.26. The Bertz CT molecular complexity index is 529. The van der Waals surface area contributed by atoms with Crippen LogP contribution in [-0.2, 0) is 16.4 Å². The Kier molecular flexibility index (Phi) is 6.79. The normalized spacial score (nSPS) is 11.8. The molecule has 0 atom stereocenters. The summed E-state index contributed by atoms with van der Waals surface area (Å²) < 4.78 is 29.0. The van der Waals surface area contributed by atoms with E-state index in [0.717, 1.165) is 12.1 Å².